The van der Waals surface area contributed by atoms with Crippen molar-refractivity contribution in [3.63, 3.8) is 0 Å². The number of carbonyl (C=O) groups is 1. The van der Waals surface area contributed by atoms with Crippen LogP contribution in [0, 0.1) is 0 Å². The van der Waals surface area contributed by atoms with E-state index in [1.807, 2.05) is 31.2 Å². The molecule has 0 saturated carbocycles. The van der Waals surface area contributed by atoms with Crippen molar-refractivity contribution in [1.29, 1.82) is 0 Å². The lowest BCUT2D eigenvalue weighted by molar-refractivity contribution is 0.0757. The van der Waals surface area contributed by atoms with E-state index in [0.29, 0.717) is 26.3 Å². The van der Waals surface area contributed by atoms with Crippen molar-refractivity contribution in [3.05, 3.63) is 24.3 Å². The Morgan fingerprint density at radius 1 is 1.09 bits per heavy atom. The SMILES string of the molecule is CCOC(=O)N1CCN(CCOc2ccc(OC)cc2)CC1. The molecule has 1 saturated heterocycles. The van der Waals surface area contributed by atoms with Crippen molar-refractivity contribution in [3.8, 4) is 11.5 Å². The molecule has 0 spiro atoms. The molecule has 1 aromatic rings. The van der Waals surface area contributed by atoms with Gasteiger partial charge in [0.15, 0.2) is 0 Å². The average Bonchev–Trinajstić information content (AvgIpc) is 2.56. The van der Waals surface area contributed by atoms with Crippen molar-refractivity contribution >= 4 is 6.09 Å². The van der Waals surface area contributed by atoms with Crippen LogP contribution in [0.4, 0.5) is 4.79 Å². The zero-order valence-electron chi connectivity index (χ0n) is 13.3. The molecule has 1 aromatic carbocycles. The van der Waals surface area contributed by atoms with Crippen LogP contribution in [-0.4, -0.2) is 68.9 Å². The van der Waals surface area contributed by atoms with E-state index >= 15 is 0 Å². The molecule has 0 N–H and O–H groups in total. The molecule has 0 unspecified atom stereocenters. The van der Waals surface area contributed by atoms with Crippen molar-refractivity contribution in [2.45, 2.75) is 6.92 Å². The van der Waals surface area contributed by atoms with Crippen molar-refractivity contribution < 1.29 is 19.0 Å². The molecule has 0 bridgehead atoms. The molecule has 0 aliphatic carbocycles. The second-order valence-electron chi connectivity index (χ2n) is 5.05. The number of rotatable bonds is 6. The summed E-state index contributed by atoms with van der Waals surface area (Å²) >= 11 is 0. The lowest BCUT2D eigenvalue weighted by Gasteiger charge is -2.33. The van der Waals surface area contributed by atoms with E-state index in [2.05, 4.69) is 4.90 Å². The lowest BCUT2D eigenvalue weighted by Crippen LogP contribution is -2.49. The Bertz CT molecular complexity index is 456. The Balaban J connectivity index is 1.65. The molecule has 0 radical (unpaired) electrons. The molecular formula is C16H24N2O4. The van der Waals surface area contributed by atoms with Crippen molar-refractivity contribution in [2.75, 3.05) is 53.0 Å². The fraction of sp³-hybridized carbons (Fsp3) is 0.562. The number of hydrogen-bond acceptors (Lipinski definition) is 5. The first-order valence-electron chi connectivity index (χ1n) is 7.64. The van der Waals surface area contributed by atoms with Gasteiger partial charge in [-0.05, 0) is 31.2 Å². The summed E-state index contributed by atoms with van der Waals surface area (Å²) in [5.41, 5.74) is 0. The minimum Gasteiger partial charge on any atom is -0.497 e. The Morgan fingerprint density at radius 2 is 1.73 bits per heavy atom. The molecule has 0 aromatic heterocycles. The topological polar surface area (TPSA) is 51.2 Å². The van der Waals surface area contributed by atoms with Crippen LogP contribution in [0.3, 0.4) is 0 Å². The highest BCUT2D eigenvalue weighted by Gasteiger charge is 2.21. The number of piperazine rings is 1. The summed E-state index contributed by atoms with van der Waals surface area (Å²) in [5.74, 6) is 1.66. The Morgan fingerprint density at radius 3 is 2.32 bits per heavy atom. The van der Waals surface area contributed by atoms with Gasteiger partial charge in [0, 0.05) is 32.7 Å². The maximum atomic E-state index is 11.6. The van der Waals surface area contributed by atoms with Gasteiger partial charge in [0.2, 0.25) is 0 Å². The molecule has 6 heteroatoms. The van der Waals surface area contributed by atoms with Gasteiger partial charge in [0.25, 0.3) is 0 Å². The second-order valence-corrected chi connectivity index (χ2v) is 5.05. The van der Waals surface area contributed by atoms with Crippen LogP contribution < -0.4 is 9.47 Å². The van der Waals surface area contributed by atoms with Crippen LogP contribution in [0.1, 0.15) is 6.92 Å². The maximum absolute atomic E-state index is 11.6. The van der Waals surface area contributed by atoms with Gasteiger partial charge in [-0.3, -0.25) is 4.90 Å². The van der Waals surface area contributed by atoms with Gasteiger partial charge in [-0.1, -0.05) is 0 Å². The van der Waals surface area contributed by atoms with E-state index in [0.717, 1.165) is 31.1 Å². The number of methoxy groups -OCH3 is 1. The van der Waals surface area contributed by atoms with Crippen LogP contribution in [0.5, 0.6) is 11.5 Å². The predicted molar refractivity (Wildman–Crippen MR) is 83.5 cm³/mol. The number of carbonyl (C=O) groups excluding carboxylic acids is 1. The molecule has 1 aliphatic rings. The summed E-state index contributed by atoms with van der Waals surface area (Å²) in [7, 11) is 1.64. The molecule has 1 amide bonds. The first-order chi connectivity index (χ1) is 10.7. The molecule has 1 aliphatic heterocycles. The summed E-state index contributed by atoms with van der Waals surface area (Å²) in [6.07, 6.45) is -0.211. The summed E-state index contributed by atoms with van der Waals surface area (Å²) in [6.45, 7) is 6.85. The number of hydrogen-bond donors (Lipinski definition) is 0. The second kappa shape index (κ2) is 8.48. The first-order valence-corrected chi connectivity index (χ1v) is 7.64. The molecule has 0 atom stereocenters. The van der Waals surface area contributed by atoms with Crippen molar-refractivity contribution in [1.82, 2.24) is 9.80 Å². The fourth-order valence-corrected chi connectivity index (χ4v) is 2.33. The quantitative estimate of drug-likeness (QED) is 0.803. The third-order valence-corrected chi connectivity index (χ3v) is 3.63. The monoisotopic (exact) mass is 308 g/mol. The van der Waals surface area contributed by atoms with Crippen LogP contribution in [0.15, 0.2) is 24.3 Å². The highest BCUT2D eigenvalue weighted by molar-refractivity contribution is 5.67. The number of benzene rings is 1. The molecule has 2 rings (SSSR count). The summed E-state index contributed by atoms with van der Waals surface area (Å²) in [5, 5.41) is 0. The zero-order chi connectivity index (χ0) is 15.8. The van der Waals surface area contributed by atoms with E-state index < -0.39 is 0 Å². The summed E-state index contributed by atoms with van der Waals surface area (Å²) in [6, 6.07) is 7.57. The van der Waals surface area contributed by atoms with Gasteiger partial charge in [0.05, 0.1) is 13.7 Å². The van der Waals surface area contributed by atoms with Gasteiger partial charge in [-0.2, -0.15) is 0 Å². The number of ether oxygens (including phenoxy) is 3. The average molecular weight is 308 g/mol. The summed E-state index contributed by atoms with van der Waals surface area (Å²) in [4.78, 5) is 15.7. The van der Waals surface area contributed by atoms with Gasteiger partial charge in [-0.25, -0.2) is 4.79 Å². The van der Waals surface area contributed by atoms with E-state index in [4.69, 9.17) is 14.2 Å². The Kier molecular flexibility index (Phi) is 6.33. The molecule has 1 fully saturated rings. The molecular weight excluding hydrogens is 284 g/mol. The third kappa shape index (κ3) is 4.80. The lowest BCUT2D eigenvalue weighted by atomic mass is 10.3. The van der Waals surface area contributed by atoms with E-state index in [1.165, 1.54) is 0 Å². The molecule has 6 nitrogen and oxygen atoms in total. The molecule has 1 heterocycles. The predicted octanol–water partition coefficient (Wildman–Crippen LogP) is 1.85. The zero-order valence-corrected chi connectivity index (χ0v) is 13.3. The maximum Gasteiger partial charge on any atom is 0.409 e. The van der Waals surface area contributed by atoms with Crippen LogP contribution in [-0.2, 0) is 4.74 Å². The molecule has 22 heavy (non-hydrogen) atoms. The highest BCUT2D eigenvalue weighted by atomic mass is 16.6. The van der Waals surface area contributed by atoms with Crippen LogP contribution in [0.25, 0.3) is 0 Å². The van der Waals surface area contributed by atoms with Gasteiger partial charge >= 0.3 is 6.09 Å². The summed E-state index contributed by atoms with van der Waals surface area (Å²) < 4.78 is 15.8. The number of amides is 1. The van der Waals surface area contributed by atoms with Gasteiger partial charge < -0.3 is 19.1 Å². The first kappa shape index (κ1) is 16.4. The van der Waals surface area contributed by atoms with Gasteiger partial charge in [-0.15, -0.1) is 0 Å². The van der Waals surface area contributed by atoms with Crippen molar-refractivity contribution in [2.24, 2.45) is 0 Å². The standard InChI is InChI=1S/C16H24N2O4/c1-3-21-16(19)18-10-8-17(9-11-18)12-13-22-15-6-4-14(20-2)5-7-15/h4-7H,3,8-13H2,1-2H3. The minimum absolute atomic E-state index is 0.211. The minimum atomic E-state index is -0.211. The van der Waals surface area contributed by atoms with Crippen LogP contribution in [0.2, 0.25) is 0 Å². The largest absolute Gasteiger partial charge is 0.497 e. The normalized spacial score (nSPS) is 15.5. The van der Waals surface area contributed by atoms with Crippen LogP contribution >= 0.6 is 0 Å². The number of nitrogens with zero attached hydrogens (tertiary/aromatic N) is 2. The third-order valence-electron chi connectivity index (χ3n) is 3.63. The van der Waals surface area contributed by atoms with E-state index in [9.17, 15) is 4.79 Å². The Labute approximate surface area is 131 Å². The van der Waals surface area contributed by atoms with E-state index in [-0.39, 0.29) is 6.09 Å². The molecule has 122 valence electrons. The smallest absolute Gasteiger partial charge is 0.409 e. The van der Waals surface area contributed by atoms with E-state index in [1.54, 1.807) is 12.0 Å². The fourth-order valence-electron chi connectivity index (χ4n) is 2.33. The highest BCUT2D eigenvalue weighted by Crippen LogP contribution is 2.16. The van der Waals surface area contributed by atoms with Gasteiger partial charge in [0.1, 0.15) is 18.1 Å². The Hall–Kier alpha value is -1.95.